The number of carbonyl (C=O) groups is 1. The van der Waals surface area contributed by atoms with E-state index in [0.717, 1.165) is 43.9 Å². The van der Waals surface area contributed by atoms with E-state index in [0.29, 0.717) is 16.6 Å². The zero-order valence-electron chi connectivity index (χ0n) is 13.4. The minimum absolute atomic E-state index is 0.202. The highest BCUT2D eigenvalue weighted by Crippen LogP contribution is 2.18. The predicted octanol–water partition coefficient (Wildman–Crippen LogP) is 3.86. The zero-order valence-corrected chi connectivity index (χ0v) is 14.2. The van der Waals surface area contributed by atoms with Crippen molar-refractivity contribution in [2.24, 2.45) is 0 Å². The minimum atomic E-state index is -0.202. The Morgan fingerprint density at radius 2 is 2.08 bits per heavy atom. The van der Waals surface area contributed by atoms with E-state index in [9.17, 15) is 4.79 Å². The van der Waals surface area contributed by atoms with Crippen molar-refractivity contribution >= 4 is 23.2 Å². The molecular formula is C19H21ClN2O2. The minimum Gasteiger partial charge on any atom is -0.380 e. The number of benzene rings is 2. The fourth-order valence-corrected chi connectivity index (χ4v) is 2.99. The fourth-order valence-electron chi connectivity index (χ4n) is 2.77. The Labute approximate surface area is 147 Å². The molecule has 1 amide bonds. The standard InChI is InChI=1S/C19H21ClN2O2/c20-18-9-2-1-8-17(18)19(23)22-15-6-3-5-14(11-15)12-21-16-7-4-10-24-13-16/h1-3,5-6,8-9,11,16,21H,4,7,10,12-13H2,(H,22,23). The summed E-state index contributed by atoms with van der Waals surface area (Å²) in [5.74, 6) is -0.202. The smallest absolute Gasteiger partial charge is 0.257 e. The molecule has 1 saturated heterocycles. The molecule has 126 valence electrons. The average molecular weight is 345 g/mol. The topological polar surface area (TPSA) is 50.4 Å². The number of rotatable bonds is 5. The van der Waals surface area contributed by atoms with Crippen molar-refractivity contribution in [2.45, 2.75) is 25.4 Å². The molecule has 3 rings (SSSR count). The largest absolute Gasteiger partial charge is 0.380 e. The Morgan fingerprint density at radius 3 is 2.88 bits per heavy atom. The molecule has 1 aliphatic heterocycles. The van der Waals surface area contributed by atoms with Crippen LogP contribution in [0.2, 0.25) is 5.02 Å². The van der Waals surface area contributed by atoms with Gasteiger partial charge < -0.3 is 15.4 Å². The van der Waals surface area contributed by atoms with Gasteiger partial charge in [0.1, 0.15) is 0 Å². The Kier molecular flexibility index (Phi) is 5.86. The summed E-state index contributed by atoms with van der Waals surface area (Å²) in [6, 6.07) is 15.3. The second-order valence-electron chi connectivity index (χ2n) is 5.93. The summed E-state index contributed by atoms with van der Waals surface area (Å²) >= 11 is 6.07. The van der Waals surface area contributed by atoms with Gasteiger partial charge in [0.2, 0.25) is 0 Å². The normalized spacial score (nSPS) is 17.5. The van der Waals surface area contributed by atoms with Crippen LogP contribution in [0.5, 0.6) is 0 Å². The lowest BCUT2D eigenvalue weighted by atomic mass is 10.1. The lowest BCUT2D eigenvalue weighted by Gasteiger charge is -2.23. The molecule has 0 bridgehead atoms. The molecule has 2 aromatic carbocycles. The number of anilines is 1. The molecule has 1 aliphatic rings. The Balaban J connectivity index is 1.60. The number of carbonyl (C=O) groups excluding carboxylic acids is 1. The summed E-state index contributed by atoms with van der Waals surface area (Å²) in [5, 5.41) is 6.85. The van der Waals surface area contributed by atoms with E-state index in [1.54, 1.807) is 24.3 Å². The van der Waals surface area contributed by atoms with Gasteiger partial charge in [0.15, 0.2) is 0 Å². The van der Waals surface area contributed by atoms with Crippen LogP contribution in [0.25, 0.3) is 0 Å². The van der Waals surface area contributed by atoms with Crippen LogP contribution >= 0.6 is 11.6 Å². The number of halogens is 1. The average Bonchev–Trinajstić information content (AvgIpc) is 2.61. The molecule has 5 heteroatoms. The van der Waals surface area contributed by atoms with Crippen LogP contribution in [-0.4, -0.2) is 25.2 Å². The molecule has 0 saturated carbocycles. The first-order valence-electron chi connectivity index (χ1n) is 8.18. The van der Waals surface area contributed by atoms with Crippen LogP contribution in [0.15, 0.2) is 48.5 Å². The number of nitrogens with one attached hydrogen (secondary N) is 2. The molecule has 1 atom stereocenters. The van der Waals surface area contributed by atoms with Gasteiger partial charge in [0.25, 0.3) is 5.91 Å². The third-order valence-corrected chi connectivity index (χ3v) is 4.39. The highest BCUT2D eigenvalue weighted by Gasteiger charge is 2.13. The first-order chi connectivity index (χ1) is 11.7. The van der Waals surface area contributed by atoms with Crippen molar-refractivity contribution in [1.82, 2.24) is 5.32 Å². The van der Waals surface area contributed by atoms with Crippen LogP contribution in [-0.2, 0) is 11.3 Å². The van der Waals surface area contributed by atoms with E-state index in [1.165, 1.54) is 0 Å². The molecule has 4 nitrogen and oxygen atoms in total. The van der Waals surface area contributed by atoms with E-state index < -0.39 is 0 Å². The maximum absolute atomic E-state index is 12.3. The molecule has 2 N–H and O–H groups in total. The number of hydrogen-bond acceptors (Lipinski definition) is 3. The van der Waals surface area contributed by atoms with Gasteiger partial charge in [-0.1, -0.05) is 35.9 Å². The van der Waals surface area contributed by atoms with Crippen LogP contribution < -0.4 is 10.6 Å². The molecule has 0 aromatic heterocycles. The van der Waals surface area contributed by atoms with Crippen molar-refractivity contribution < 1.29 is 9.53 Å². The monoisotopic (exact) mass is 344 g/mol. The van der Waals surface area contributed by atoms with E-state index in [-0.39, 0.29) is 5.91 Å². The van der Waals surface area contributed by atoms with Gasteiger partial charge in [-0.15, -0.1) is 0 Å². The van der Waals surface area contributed by atoms with Crippen molar-refractivity contribution in [2.75, 3.05) is 18.5 Å². The molecular weight excluding hydrogens is 324 g/mol. The van der Waals surface area contributed by atoms with Crippen LogP contribution in [0.4, 0.5) is 5.69 Å². The van der Waals surface area contributed by atoms with Gasteiger partial charge in [-0.25, -0.2) is 0 Å². The highest BCUT2D eigenvalue weighted by atomic mass is 35.5. The molecule has 0 aliphatic carbocycles. The SMILES string of the molecule is O=C(Nc1cccc(CNC2CCCOC2)c1)c1ccccc1Cl. The summed E-state index contributed by atoms with van der Waals surface area (Å²) in [4.78, 5) is 12.3. The lowest BCUT2D eigenvalue weighted by molar-refractivity contribution is 0.0699. The summed E-state index contributed by atoms with van der Waals surface area (Å²) in [6.45, 7) is 2.38. The second kappa shape index (κ2) is 8.29. The molecule has 0 radical (unpaired) electrons. The van der Waals surface area contributed by atoms with E-state index in [4.69, 9.17) is 16.3 Å². The van der Waals surface area contributed by atoms with Gasteiger partial charge in [-0.3, -0.25) is 4.79 Å². The van der Waals surface area contributed by atoms with Gasteiger partial charge in [-0.05, 0) is 42.7 Å². The van der Waals surface area contributed by atoms with Crippen LogP contribution in [0.1, 0.15) is 28.8 Å². The first-order valence-corrected chi connectivity index (χ1v) is 8.56. The van der Waals surface area contributed by atoms with Crippen molar-refractivity contribution in [3.05, 3.63) is 64.7 Å². The predicted molar refractivity (Wildman–Crippen MR) is 96.5 cm³/mol. The number of hydrogen-bond donors (Lipinski definition) is 2. The Bertz CT molecular complexity index is 699. The molecule has 1 heterocycles. The maximum Gasteiger partial charge on any atom is 0.257 e. The molecule has 24 heavy (non-hydrogen) atoms. The zero-order chi connectivity index (χ0) is 16.8. The van der Waals surface area contributed by atoms with Crippen molar-refractivity contribution in [3.8, 4) is 0 Å². The van der Waals surface area contributed by atoms with Gasteiger partial charge >= 0.3 is 0 Å². The van der Waals surface area contributed by atoms with Gasteiger partial charge in [0, 0.05) is 24.9 Å². The van der Waals surface area contributed by atoms with Crippen molar-refractivity contribution in [3.63, 3.8) is 0 Å². The van der Waals surface area contributed by atoms with Crippen LogP contribution in [0.3, 0.4) is 0 Å². The quantitative estimate of drug-likeness (QED) is 0.866. The molecule has 1 unspecified atom stereocenters. The van der Waals surface area contributed by atoms with E-state index >= 15 is 0 Å². The lowest BCUT2D eigenvalue weighted by Crippen LogP contribution is -2.36. The fraction of sp³-hybridized carbons (Fsp3) is 0.316. The third kappa shape index (κ3) is 4.57. The van der Waals surface area contributed by atoms with Gasteiger partial charge in [0.05, 0.1) is 17.2 Å². The van der Waals surface area contributed by atoms with E-state index in [2.05, 4.69) is 10.6 Å². The Hall–Kier alpha value is -1.88. The number of ether oxygens (including phenoxy) is 1. The summed E-state index contributed by atoms with van der Waals surface area (Å²) in [6.07, 6.45) is 2.24. The van der Waals surface area contributed by atoms with Gasteiger partial charge in [-0.2, -0.15) is 0 Å². The second-order valence-corrected chi connectivity index (χ2v) is 6.34. The number of amides is 1. The summed E-state index contributed by atoms with van der Waals surface area (Å²) in [5.41, 5.74) is 2.36. The van der Waals surface area contributed by atoms with Crippen LogP contribution in [0, 0.1) is 0 Å². The Morgan fingerprint density at radius 1 is 1.21 bits per heavy atom. The first kappa shape index (κ1) is 17.0. The third-order valence-electron chi connectivity index (χ3n) is 4.06. The molecule has 2 aromatic rings. The summed E-state index contributed by atoms with van der Waals surface area (Å²) < 4.78 is 5.48. The van der Waals surface area contributed by atoms with E-state index in [1.807, 2.05) is 24.3 Å². The maximum atomic E-state index is 12.3. The molecule has 1 fully saturated rings. The highest BCUT2D eigenvalue weighted by molar-refractivity contribution is 6.34. The van der Waals surface area contributed by atoms with Crippen molar-refractivity contribution in [1.29, 1.82) is 0 Å². The molecule has 0 spiro atoms. The summed E-state index contributed by atoms with van der Waals surface area (Å²) in [7, 11) is 0.